The van der Waals surface area contributed by atoms with Crippen LogP contribution >= 0.6 is 0 Å². The second-order valence-corrected chi connectivity index (χ2v) is 5.95. The molecule has 0 aromatic heterocycles. The molecule has 1 aliphatic carbocycles. The molecule has 2 aromatic rings. The molecule has 0 aliphatic heterocycles. The first-order valence-corrected chi connectivity index (χ1v) is 8.24. The van der Waals surface area contributed by atoms with Crippen LogP contribution in [0.2, 0.25) is 0 Å². The van der Waals surface area contributed by atoms with Crippen LogP contribution in [0.5, 0.6) is 0 Å². The molecule has 124 valence electrons. The van der Waals surface area contributed by atoms with Gasteiger partial charge in [0, 0.05) is 6.42 Å². The van der Waals surface area contributed by atoms with Gasteiger partial charge in [0.1, 0.15) is 12.2 Å². The average Bonchev–Trinajstić information content (AvgIpc) is 2.63. The van der Waals surface area contributed by atoms with Crippen LogP contribution in [-0.4, -0.2) is 24.1 Å². The molecule has 0 unspecified atom stereocenters. The van der Waals surface area contributed by atoms with Crippen LogP contribution in [0.3, 0.4) is 0 Å². The normalized spacial score (nSPS) is 20.2. The van der Waals surface area contributed by atoms with E-state index in [4.69, 9.17) is 9.47 Å². The van der Waals surface area contributed by atoms with Crippen LogP contribution in [0.1, 0.15) is 46.4 Å². The van der Waals surface area contributed by atoms with E-state index >= 15 is 0 Å². The molecule has 2 atom stereocenters. The Bertz CT molecular complexity index is 622. The molecule has 1 aliphatic rings. The van der Waals surface area contributed by atoms with Gasteiger partial charge in [-0.3, -0.25) is 0 Å². The van der Waals surface area contributed by atoms with Crippen LogP contribution in [0.15, 0.2) is 60.7 Å². The SMILES string of the molecule is O=C(O[C@@H]1CCC[C@@H](OC(=O)c2ccccc2)C1)c1ccccc1. The van der Waals surface area contributed by atoms with Crippen molar-refractivity contribution in [3.8, 4) is 0 Å². The maximum Gasteiger partial charge on any atom is 0.338 e. The molecule has 0 saturated heterocycles. The van der Waals surface area contributed by atoms with Crippen molar-refractivity contribution in [1.82, 2.24) is 0 Å². The highest BCUT2D eigenvalue weighted by Gasteiger charge is 2.28. The average molecular weight is 324 g/mol. The minimum Gasteiger partial charge on any atom is -0.459 e. The van der Waals surface area contributed by atoms with E-state index in [0.29, 0.717) is 17.5 Å². The maximum atomic E-state index is 12.1. The van der Waals surface area contributed by atoms with E-state index in [-0.39, 0.29) is 24.1 Å². The Morgan fingerprint density at radius 2 is 1.12 bits per heavy atom. The van der Waals surface area contributed by atoms with Gasteiger partial charge in [-0.05, 0) is 43.5 Å². The number of carbonyl (C=O) groups excluding carboxylic acids is 2. The Kier molecular flexibility index (Phi) is 5.26. The second-order valence-electron chi connectivity index (χ2n) is 5.95. The minimum atomic E-state index is -0.323. The van der Waals surface area contributed by atoms with Crippen molar-refractivity contribution in [1.29, 1.82) is 0 Å². The lowest BCUT2D eigenvalue weighted by Gasteiger charge is -2.28. The van der Waals surface area contributed by atoms with Crippen LogP contribution < -0.4 is 0 Å². The number of carbonyl (C=O) groups is 2. The molecule has 0 radical (unpaired) electrons. The van der Waals surface area contributed by atoms with Crippen molar-refractivity contribution < 1.29 is 19.1 Å². The number of hydrogen-bond donors (Lipinski definition) is 0. The van der Waals surface area contributed by atoms with Crippen molar-refractivity contribution in [2.75, 3.05) is 0 Å². The molecule has 0 amide bonds. The van der Waals surface area contributed by atoms with Crippen LogP contribution in [0.25, 0.3) is 0 Å². The predicted octanol–water partition coefficient (Wildman–Crippen LogP) is 4.01. The lowest BCUT2D eigenvalue weighted by Crippen LogP contribution is -2.31. The van der Waals surface area contributed by atoms with Crippen molar-refractivity contribution in [3.63, 3.8) is 0 Å². The van der Waals surface area contributed by atoms with Gasteiger partial charge in [0.05, 0.1) is 11.1 Å². The molecule has 0 spiro atoms. The molecule has 0 bridgehead atoms. The van der Waals surface area contributed by atoms with Gasteiger partial charge in [-0.1, -0.05) is 36.4 Å². The molecule has 1 fully saturated rings. The fourth-order valence-corrected chi connectivity index (χ4v) is 2.90. The molecule has 0 heterocycles. The Labute approximate surface area is 141 Å². The summed E-state index contributed by atoms with van der Waals surface area (Å²) in [5, 5.41) is 0. The second kappa shape index (κ2) is 7.77. The summed E-state index contributed by atoms with van der Waals surface area (Å²) in [4.78, 5) is 24.3. The Balaban J connectivity index is 1.55. The first-order valence-electron chi connectivity index (χ1n) is 8.24. The standard InChI is InChI=1S/C20H20O4/c21-19(15-8-3-1-4-9-15)23-17-12-7-13-18(14-17)24-20(22)16-10-5-2-6-11-16/h1-6,8-11,17-18H,7,12-14H2/t17-,18-/m1/s1. The molecule has 1 saturated carbocycles. The van der Waals surface area contributed by atoms with Gasteiger partial charge in [0.15, 0.2) is 0 Å². The number of rotatable bonds is 4. The zero-order chi connectivity index (χ0) is 16.8. The molecule has 2 aromatic carbocycles. The van der Waals surface area contributed by atoms with E-state index in [1.165, 1.54) is 0 Å². The molecule has 0 N–H and O–H groups in total. The zero-order valence-electron chi connectivity index (χ0n) is 13.4. The van der Waals surface area contributed by atoms with Crippen LogP contribution in [-0.2, 0) is 9.47 Å². The maximum absolute atomic E-state index is 12.1. The Hall–Kier alpha value is -2.62. The highest BCUT2D eigenvalue weighted by atomic mass is 16.6. The largest absolute Gasteiger partial charge is 0.459 e. The van der Waals surface area contributed by atoms with Crippen LogP contribution in [0.4, 0.5) is 0 Å². The van der Waals surface area contributed by atoms with Crippen LogP contribution in [0, 0.1) is 0 Å². The van der Waals surface area contributed by atoms with Crippen molar-refractivity contribution in [2.24, 2.45) is 0 Å². The lowest BCUT2D eigenvalue weighted by molar-refractivity contribution is -0.0177. The molecular formula is C20H20O4. The van der Waals surface area contributed by atoms with E-state index in [2.05, 4.69) is 0 Å². The quantitative estimate of drug-likeness (QED) is 0.797. The number of ether oxygens (including phenoxy) is 2. The summed E-state index contributed by atoms with van der Waals surface area (Å²) in [5.41, 5.74) is 1.09. The molecular weight excluding hydrogens is 304 g/mol. The molecule has 24 heavy (non-hydrogen) atoms. The summed E-state index contributed by atoms with van der Waals surface area (Å²) in [7, 11) is 0. The van der Waals surface area contributed by atoms with E-state index in [1.807, 2.05) is 36.4 Å². The van der Waals surface area contributed by atoms with Gasteiger partial charge in [0.2, 0.25) is 0 Å². The minimum absolute atomic E-state index is 0.208. The third kappa shape index (κ3) is 4.22. The molecule has 4 nitrogen and oxygen atoms in total. The van der Waals surface area contributed by atoms with Gasteiger partial charge in [-0.15, -0.1) is 0 Å². The highest BCUT2D eigenvalue weighted by Crippen LogP contribution is 2.25. The summed E-state index contributed by atoms with van der Waals surface area (Å²) in [6, 6.07) is 17.9. The monoisotopic (exact) mass is 324 g/mol. The fraction of sp³-hybridized carbons (Fsp3) is 0.300. The number of benzene rings is 2. The summed E-state index contributed by atoms with van der Waals surface area (Å²) in [6.07, 6.45) is 2.62. The zero-order valence-corrected chi connectivity index (χ0v) is 13.4. The molecule has 3 rings (SSSR count). The first kappa shape index (κ1) is 16.2. The van der Waals surface area contributed by atoms with E-state index in [1.54, 1.807) is 24.3 Å². The predicted molar refractivity (Wildman–Crippen MR) is 89.8 cm³/mol. The van der Waals surface area contributed by atoms with Gasteiger partial charge in [0.25, 0.3) is 0 Å². The van der Waals surface area contributed by atoms with Gasteiger partial charge in [-0.2, -0.15) is 0 Å². The van der Waals surface area contributed by atoms with E-state index in [0.717, 1.165) is 19.3 Å². The van der Waals surface area contributed by atoms with Crippen molar-refractivity contribution >= 4 is 11.9 Å². The highest BCUT2D eigenvalue weighted by molar-refractivity contribution is 5.90. The summed E-state index contributed by atoms with van der Waals surface area (Å²) >= 11 is 0. The third-order valence-electron chi connectivity index (χ3n) is 4.14. The number of hydrogen-bond acceptors (Lipinski definition) is 4. The van der Waals surface area contributed by atoms with Gasteiger partial charge < -0.3 is 9.47 Å². The summed E-state index contributed by atoms with van der Waals surface area (Å²) in [6.45, 7) is 0. The van der Waals surface area contributed by atoms with Crippen molar-refractivity contribution in [3.05, 3.63) is 71.8 Å². The van der Waals surface area contributed by atoms with E-state index < -0.39 is 0 Å². The van der Waals surface area contributed by atoms with Crippen molar-refractivity contribution in [2.45, 2.75) is 37.9 Å². The number of esters is 2. The topological polar surface area (TPSA) is 52.6 Å². The van der Waals surface area contributed by atoms with E-state index in [9.17, 15) is 9.59 Å². The smallest absolute Gasteiger partial charge is 0.338 e. The fourth-order valence-electron chi connectivity index (χ4n) is 2.90. The Morgan fingerprint density at radius 1 is 0.708 bits per heavy atom. The van der Waals surface area contributed by atoms with Gasteiger partial charge in [-0.25, -0.2) is 9.59 Å². The van der Waals surface area contributed by atoms with Gasteiger partial charge >= 0.3 is 11.9 Å². The lowest BCUT2D eigenvalue weighted by atomic mass is 9.94. The Morgan fingerprint density at radius 3 is 1.54 bits per heavy atom. The first-order chi connectivity index (χ1) is 11.7. The summed E-state index contributed by atoms with van der Waals surface area (Å²) < 4.78 is 11.1. The summed E-state index contributed by atoms with van der Waals surface area (Å²) in [5.74, 6) is -0.647. The third-order valence-corrected chi connectivity index (χ3v) is 4.14. The molecule has 4 heteroatoms.